The molecule has 4 nitrogen and oxygen atoms in total. The van der Waals surface area contributed by atoms with Gasteiger partial charge in [0.15, 0.2) is 5.76 Å². The van der Waals surface area contributed by atoms with Crippen LogP contribution in [-0.2, 0) is 6.42 Å². The number of aryl methyl sites for hydroxylation is 1. The Morgan fingerprint density at radius 2 is 2.24 bits per heavy atom. The molecule has 0 unspecified atom stereocenters. The molecule has 0 saturated heterocycles. The van der Waals surface area contributed by atoms with Crippen molar-refractivity contribution in [3.63, 3.8) is 0 Å². The Labute approximate surface area is 101 Å². The molecule has 17 heavy (non-hydrogen) atoms. The molecule has 2 heterocycles. The molecule has 0 aliphatic heterocycles. The van der Waals surface area contributed by atoms with Crippen LogP contribution in [0.4, 0.5) is 0 Å². The fourth-order valence-electron chi connectivity index (χ4n) is 1.78. The Balaban J connectivity index is 2.25. The third-order valence-electron chi connectivity index (χ3n) is 2.89. The van der Waals surface area contributed by atoms with Gasteiger partial charge in [0.05, 0.1) is 6.26 Å². The summed E-state index contributed by atoms with van der Waals surface area (Å²) in [5.74, 6) is 1.76. The van der Waals surface area contributed by atoms with Crippen molar-refractivity contribution in [3.05, 3.63) is 29.9 Å². The molecule has 3 N–H and O–H groups in total. The molecule has 0 bridgehead atoms. The summed E-state index contributed by atoms with van der Waals surface area (Å²) in [5.41, 5.74) is 7.71. The average molecular weight is 233 g/mol. The Bertz CT molecular complexity index is 483. The van der Waals surface area contributed by atoms with Gasteiger partial charge in [0.1, 0.15) is 11.5 Å². The van der Waals surface area contributed by atoms with Crippen LogP contribution in [0.1, 0.15) is 25.4 Å². The number of imidazole rings is 1. The van der Waals surface area contributed by atoms with Gasteiger partial charge >= 0.3 is 0 Å². The minimum Gasteiger partial charge on any atom is -0.463 e. The predicted octanol–water partition coefficient (Wildman–Crippen LogP) is 2.51. The first-order chi connectivity index (χ1) is 8.02. The number of H-pyrrole nitrogens is 1. The Hall–Kier alpha value is -1.55. The van der Waals surface area contributed by atoms with Gasteiger partial charge in [-0.15, -0.1) is 0 Å². The Morgan fingerprint density at radius 3 is 2.82 bits per heavy atom. The van der Waals surface area contributed by atoms with E-state index in [-0.39, 0.29) is 5.41 Å². The zero-order chi connectivity index (χ0) is 12.5. The molecular formula is C13H19N3O. The van der Waals surface area contributed by atoms with Crippen LogP contribution in [0.5, 0.6) is 0 Å². The summed E-state index contributed by atoms with van der Waals surface area (Å²) in [6.07, 6.45) is 2.50. The SMILES string of the molecule is Cc1[nH]c(CC(C)(C)CN)nc1-c1ccco1. The van der Waals surface area contributed by atoms with Crippen LogP contribution < -0.4 is 5.73 Å². The molecule has 0 aliphatic carbocycles. The topological polar surface area (TPSA) is 67.8 Å². The molecule has 2 aromatic heterocycles. The highest BCUT2D eigenvalue weighted by Gasteiger charge is 2.20. The van der Waals surface area contributed by atoms with Crippen molar-refractivity contribution in [2.24, 2.45) is 11.1 Å². The van der Waals surface area contributed by atoms with Gasteiger partial charge < -0.3 is 15.1 Å². The quantitative estimate of drug-likeness (QED) is 0.852. The highest BCUT2D eigenvalue weighted by Crippen LogP contribution is 2.24. The third kappa shape index (κ3) is 2.58. The second kappa shape index (κ2) is 4.37. The summed E-state index contributed by atoms with van der Waals surface area (Å²) in [5, 5.41) is 0. The number of hydrogen-bond acceptors (Lipinski definition) is 3. The highest BCUT2D eigenvalue weighted by atomic mass is 16.3. The van der Waals surface area contributed by atoms with E-state index in [0.717, 1.165) is 29.4 Å². The zero-order valence-electron chi connectivity index (χ0n) is 10.6. The van der Waals surface area contributed by atoms with Crippen molar-refractivity contribution >= 4 is 0 Å². The van der Waals surface area contributed by atoms with E-state index in [9.17, 15) is 0 Å². The van der Waals surface area contributed by atoms with E-state index in [1.807, 2.05) is 19.1 Å². The molecular weight excluding hydrogens is 214 g/mol. The minimum absolute atomic E-state index is 0.0602. The molecule has 0 atom stereocenters. The first kappa shape index (κ1) is 11.9. The first-order valence-electron chi connectivity index (χ1n) is 5.81. The smallest absolute Gasteiger partial charge is 0.154 e. The van der Waals surface area contributed by atoms with Gasteiger partial charge in [-0.25, -0.2) is 4.98 Å². The predicted molar refractivity (Wildman–Crippen MR) is 67.6 cm³/mol. The lowest BCUT2D eigenvalue weighted by Crippen LogP contribution is -2.26. The summed E-state index contributed by atoms with van der Waals surface area (Å²) in [7, 11) is 0. The number of aromatic nitrogens is 2. The van der Waals surface area contributed by atoms with E-state index in [4.69, 9.17) is 10.2 Å². The summed E-state index contributed by atoms with van der Waals surface area (Å²) in [4.78, 5) is 7.88. The van der Waals surface area contributed by atoms with Crippen molar-refractivity contribution in [1.29, 1.82) is 0 Å². The van der Waals surface area contributed by atoms with Gasteiger partial charge in [0, 0.05) is 12.1 Å². The van der Waals surface area contributed by atoms with E-state index < -0.39 is 0 Å². The van der Waals surface area contributed by atoms with Crippen molar-refractivity contribution < 1.29 is 4.42 Å². The molecule has 4 heteroatoms. The third-order valence-corrected chi connectivity index (χ3v) is 2.89. The monoisotopic (exact) mass is 233 g/mol. The van der Waals surface area contributed by atoms with E-state index in [2.05, 4.69) is 23.8 Å². The molecule has 0 radical (unpaired) electrons. The highest BCUT2D eigenvalue weighted by molar-refractivity contribution is 5.55. The molecule has 2 rings (SSSR count). The van der Waals surface area contributed by atoms with Crippen LogP contribution in [-0.4, -0.2) is 16.5 Å². The van der Waals surface area contributed by atoms with E-state index >= 15 is 0 Å². The number of rotatable bonds is 4. The van der Waals surface area contributed by atoms with Crippen LogP contribution in [0.3, 0.4) is 0 Å². The fraction of sp³-hybridized carbons (Fsp3) is 0.462. The van der Waals surface area contributed by atoms with Gasteiger partial charge in [-0.05, 0) is 31.0 Å². The zero-order valence-corrected chi connectivity index (χ0v) is 10.6. The second-order valence-corrected chi connectivity index (χ2v) is 5.18. The molecule has 0 saturated carbocycles. The van der Waals surface area contributed by atoms with Crippen molar-refractivity contribution in [1.82, 2.24) is 9.97 Å². The normalized spacial score (nSPS) is 12.0. The van der Waals surface area contributed by atoms with Gasteiger partial charge in [0.2, 0.25) is 0 Å². The van der Waals surface area contributed by atoms with Crippen molar-refractivity contribution in [2.75, 3.05) is 6.54 Å². The summed E-state index contributed by atoms with van der Waals surface area (Å²) < 4.78 is 5.36. The summed E-state index contributed by atoms with van der Waals surface area (Å²) in [6, 6.07) is 3.79. The molecule has 0 aliphatic rings. The van der Waals surface area contributed by atoms with Gasteiger partial charge in [0.25, 0.3) is 0 Å². The average Bonchev–Trinajstić information content (AvgIpc) is 2.87. The van der Waals surface area contributed by atoms with Crippen LogP contribution in [0, 0.1) is 12.3 Å². The minimum atomic E-state index is 0.0602. The van der Waals surface area contributed by atoms with E-state index in [0.29, 0.717) is 6.54 Å². The lowest BCUT2D eigenvalue weighted by Gasteiger charge is -2.20. The molecule has 92 valence electrons. The number of hydrogen-bond donors (Lipinski definition) is 2. The van der Waals surface area contributed by atoms with Gasteiger partial charge in [-0.1, -0.05) is 13.8 Å². The molecule has 0 spiro atoms. The van der Waals surface area contributed by atoms with Crippen LogP contribution in [0.25, 0.3) is 11.5 Å². The van der Waals surface area contributed by atoms with Gasteiger partial charge in [-0.3, -0.25) is 0 Å². The number of nitrogens with two attached hydrogens (primary N) is 1. The maximum Gasteiger partial charge on any atom is 0.154 e. The fourth-order valence-corrected chi connectivity index (χ4v) is 1.78. The van der Waals surface area contributed by atoms with Gasteiger partial charge in [-0.2, -0.15) is 0 Å². The number of aromatic amines is 1. The summed E-state index contributed by atoms with van der Waals surface area (Å²) in [6.45, 7) is 6.92. The Morgan fingerprint density at radius 1 is 1.47 bits per heavy atom. The maximum absolute atomic E-state index is 5.73. The molecule has 2 aromatic rings. The number of nitrogens with one attached hydrogen (secondary N) is 1. The first-order valence-corrected chi connectivity index (χ1v) is 5.81. The van der Waals surface area contributed by atoms with Crippen LogP contribution in [0.2, 0.25) is 0 Å². The van der Waals surface area contributed by atoms with Crippen LogP contribution >= 0.6 is 0 Å². The Kier molecular flexibility index (Phi) is 3.07. The molecule has 0 aromatic carbocycles. The molecule has 0 fully saturated rings. The second-order valence-electron chi connectivity index (χ2n) is 5.18. The largest absolute Gasteiger partial charge is 0.463 e. The molecule has 0 amide bonds. The maximum atomic E-state index is 5.73. The van der Waals surface area contributed by atoms with E-state index in [1.165, 1.54) is 0 Å². The lowest BCUT2D eigenvalue weighted by atomic mass is 9.89. The van der Waals surface area contributed by atoms with E-state index in [1.54, 1.807) is 6.26 Å². The van der Waals surface area contributed by atoms with Crippen molar-refractivity contribution in [2.45, 2.75) is 27.2 Å². The standard InChI is InChI=1S/C13H19N3O/c1-9-12(10-5-4-6-17-10)16-11(15-9)7-13(2,3)8-14/h4-6H,7-8,14H2,1-3H3,(H,15,16). The number of nitrogens with zero attached hydrogens (tertiary/aromatic N) is 1. The lowest BCUT2D eigenvalue weighted by molar-refractivity contribution is 0.369. The number of furan rings is 1. The summed E-state index contributed by atoms with van der Waals surface area (Å²) >= 11 is 0. The van der Waals surface area contributed by atoms with Crippen LogP contribution in [0.15, 0.2) is 22.8 Å². The van der Waals surface area contributed by atoms with Crippen molar-refractivity contribution in [3.8, 4) is 11.5 Å².